The van der Waals surface area contributed by atoms with Crippen LogP contribution >= 0.6 is 11.6 Å². The number of nitrogens with zero attached hydrogens (tertiary/aromatic N) is 1. The minimum atomic E-state index is -0.513. The summed E-state index contributed by atoms with van der Waals surface area (Å²) >= 11 is 5.70. The summed E-state index contributed by atoms with van der Waals surface area (Å²) in [6, 6.07) is 2.30. The van der Waals surface area contributed by atoms with E-state index in [1.807, 2.05) is 0 Å². The number of rotatable bonds is 3. The molecule has 0 radical (unpaired) electrons. The minimum absolute atomic E-state index is 0.119. The summed E-state index contributed by atoms with van der Waals surface area (Å²) in [6.45, 7) is 3.42. The van der Waals surface area contributed by atoms with Crippen LogP contribution in [0.2, 0.25) is 5.02 Å². The lowest BCUT2D eigenvalue weighted by Crippen LogP contribution is -2.46. The Kier molecular flexibility index (Phi) is 3.74. The van der Waals surface area contributed by atoms with E-state index in [1.165, 1.54) is 12.1 Å². The molecule has 3 rings (SSSR count). The molecular weight excluding hydrogens is 270 g/mol. The van der Waals surface area contributed by atoms with Crippen LogP contribution in [0.3, 0.4) is 0 Å². The van der Waals surface area contributed by atoms with E-state index in [1.54, 1.807) is 0 Å². The van der Waals surface area contributed by atoms with Gasteiger partial charge in [0.15, 0.2) is 0 Å². The van der Waals surface area contributed by atoms with Crippen LogP contribution in [0, 0.1) is 17.6 Å². The number of halogens is 3. The smallest absolute Gasteiger partial charge is 0.132 e. The predicted molar refractivity (Wildman–Crippen MR) is 71.3 cm³/mol. The van der Waals surface area contributed by atoms with Gasteiger partial charge in [-0.25, -0.2) is 8.78 Å². The summed E-state index contributed by atoms with van der Waals surface area (Å²) in [7, 11) is 0. The molecule has 5 heteroatoms. The largest absolute Gasteiger partial charge is 0.314 e. The van der Waals surface area contributed by atoms with Crippen LogP contribution in [0.1, 0.15) is 24.4 Å². The van der Waals surface area contributed by atoms with Gasteiger partial charge in [0, 0.05) is 42.8 Å². The van der Waals surface area contributed by atoms with Crippen molar-refractivity contribution >= 4 is 11.6 Å². The first kappa shape index (κ1) is 13.3. The van der Waals surface area contributed by atoms with Crippen molar-refractivity contribution in [2.45, 2.75) is 18.9 Å². The van der Waals surface area contributed by atoms with Crippen molar-refractivity contribution in [2.24, 2.45) is 5.92 Å². The first-order valence-corrected chi connectivity index (χ1v) is 7.14. The highest BCUT2D eigenvalue weighted by atomic mass is 35.5. The van der Waals surface area contributed by atoms with E-state index in [0.29, 0.717) is 5.92 Å². The van der Waals surface area contributed by atoms with Crippen molar-refractivity contribution in [2.75, 3.05) is 26.2 Å². The van der Waals surface area contributed by atoms with Crippen LogP contribution in [0.25, 0.3) is 0 Å². The van der Waals surface area contributed by atoms with E-state index >= 15 is 0 Å². The lowest BCUT2D eigenvalue weighted by molar-refractivity contribution is 0.149. The highest BCUT2D eigenvalue weighted by Gasteiger charge is 2.39. The molecule has 2 aliphatic rings. The quantitative estimate of drug-likeness (QED) is 0.919. The monoisotopic (exact) mass is 286 g/mol. The molecule has 1 aliphatic heterocycles. The first-order valence-electron chi connectivity index (χ1n) is 6.76. The molecule has 0 amide bonds. The first-order chi connectivity index (χ1) is 9.16. The van der Waals surface area contributed by atoms with Gasteiger partial charge in [0.2, 0.25) is 0 Å². The van der Waals surface area contributed by atoms with E-state index in [4.69, 9.17) is 11.6 Å². The molecule has 2 fully saturated rings. The second-order valence-corrected chi connectivity index (χ2v) is 5.79. The molecule has 0 bridgehead atoms. The maximum absolute atomic E-state index is 14.1. The summed E-state index contributed by atoms with van der Waals surface area (Å²) in [6.07, 6.45) is 2.10. The number of hydrogen-bond donors (Lipinski definition) is 1. The maximum Gasteiger partial charge on any atom is 0.132 e. The fourth-order valence-electron chi connectivity index (χ4n) is 2.92. The summed E-state index contributed by atoms with van der Waals surface area (Å²) in [5, 5.41) is 3.39. The van der Waals surface area contributed by atoms with Crippen molar-refractivity contribution in [1.29, 1.82) is 0 Å². The molecule has 1 atom stereocenters. The Hall–Kier alpha value is -0.710. The van der Waals surface area contributed by atoms with E-state index in [0.717, 1.165) is 39.0 Å². The van der Waals surface area contributed by atoms with E-state index in [9.17, 15) is 8.78 Å². The van der Waals surface area contributed by atoms with Gasteiger partial charge < -0.3 is 5.32 Å². The average molecular weight is 287 g/mol. The Balaban J connectivity index is 1.95. The van der Waals surface area contributed by atoms with Gasteiger partial charge in [-0.1, -0.05) is 11.6 Å². The molecule has 1 heterocycles. The second-order valence-electron chi connectivity index (χ2n) is 5.35. The van der Waals surface area contributed by atoms with Gasteiger partial charge in [-0.2, -0.15) is 0 Å². The standard InChI is InChI=1S/C14H17ClF2N2/c15-10-7-11(16)13(12(17)8-10)14(9-1-2-9)19-5-3-18-4-6-19/h7-9,14,18H,1-6H2/t14-/m1/s1. The molecular formula is C14H17ClF2N2. The molecule has 104 valence electrons. The maximum atomic E-state index is 14.1. The molecule has 1 N–H and O–H groups in total. The Morgan fingerprint density at radius 3 is 2.26 bits per heavy atom. The zero-order valence-electron chi connectivity index (χ0n) is 10.6. The van der Waals surface area contributed by atoms with E-state index < -0.39 is 11.6 Å². The van der Waals surface area contributed by atoms with Crippen LogP contribution in [0.5, 0.6) is 0 Å². The highest BCUT2D eigenvalue weighted by Crippen LogP contribution is 2.46. The molecule has 1 aromatic rings. The van der Waals surface area contributed by atoms with Crippen molar-refractivity contribution in [3.8, 4) is 0 Å². The van der Waals surface area contributed by atoms with Gasteiger partial charge in [0.25, 0.3) is 0 Å². The number of piperazine rings is 1. The fraction of sp³-hybridized carbons (Fsp3) is 0.571. The highest BCUT2D eigenvalue weighted by molar-refractivity contribution is 6.30. The van der Waals surface area contributed by atoms with E-state index in [2.05, 4.69) is 10.2 Å². The summed E-state index contributed by atoms with van der Waals surface area (Å²) < 4.78 is 28.3. The van der Waals surface area contributed by atoms with Gasteiger partial charge in [0.1, 0.15) is 11.6 Å². The van der Waals surface area contributed by atoms with Crippen LogP contribution < -0.4 is 5.32 Å². The minimum Gasteiger partial charge on any atom is -0.314 e. The Bertz CT molecular complexity index is 448. The molecule has 2 nitrogen and oxygen atoms in total. The Labute approximate surface area is 116 Å². The molecule has 19 heavy (non-hydrogen) atoms. The predicted octanol–water partition coefficient (Wildman–Crippen LogP) is 2.97. The van der Waals surface area contributed by atoms with Crippen molar-refractivity contribution < 1.29 is 8.78 Å². The molecule has 0 spiro atoms. The second kappa shape index (κ2) is 5.35. The molecule has 1 saturated heterocycles. The number of benzene rings is 1. The Morgan fingerprint density at radius 2 is 1.74 bits per heavy atom. The summed E-state index contributed by atoms with van der Waals surface area (Å²) in [4.78, 5) is 2.20. The van der Waals surface area contributed by atoms with Crippen molar-refractivity contribution in [1.82, 2.24) is 10.2 Å². The zero-order chi connectivity index (χ0) is 13.4. The molecule has 1 saturated carbocycles. The lowest BCUT2D eigenvalue weighted by Gasteiger charge is -2.35. The average Bonchev–Trinajstić information content (AvgIpc) is 3.18. The topological polar surface area (TPSA) is 15.3 Å². The SMILES string of the molecule is Fc1cc(Cl)cc(F)c1[C@@H](C1CC1)N1CCNCC1. The van der Waals surface area contributed by atoms with Gasteiger partial charge in [0.05, 0.1) is 0 Å². The molecule has 1 aliphatic carbocycles. The fourth-order valence-corrected chi connectivity index (χ4v) is 3.12. The van der Waals surface area contributed by atoms with Crippen LogP contribution in [0.4, 0.5) is 8.78 Å². The van der Waals surface area contributed by atoms with Crippen molar-refractivity contribution in [3.05, 3.63) is 34.4 Å². The van der Waals surface area contributed by atoms with E-state index in [-0.39, 0.29) is 16.6 Å². The van der Waals surface area contributed by atoms with Gasteiger partial charge >= 0.3 is 0 Å². The third-order valence-electron chi connectivity index (χ3n) is 3.95. The molecule has 1 aromatic carbocycles. The zero-order valence-corrected chi connectivity index (χ0v) is 11.4. The Morgan fingerprint density at radius 1 is 1.16 bits per heavy atom. The summed E-state index contributed by atoms with van der Waals surface area (Å²) in [5.41, 5.74) is 0.203. The van der Waals surface area contributed by atoms with Gasteiger partial charge in [-0.3, -0.25) is 4.90 Å². The lowest BCUT2D eigenvalue weighted by atomic mass is 9.98. The van der Waals surface area contributed by atoms with Gasteiger partial charge in [-0.05, 0) is 30.9 Å². The number of hydrogen-bond acceptors (Lipinski definition) is 2. The van der Waals surface area contributed by atoms with Crippen LogP contribution in [-0.4, -0.2) is 31.1 Å². The third-order valence-corrected chi connectivity index (χ3v) is 4.17. The van der Waals surface area contributed by atoms with Crippen LogP contribution in [0.15, 0.2) is 12.1 Å². The van der Waals surface area contributed by atoms with Crippen LogP contribution in [-0.2, 0) is 0 Å². The van der Waals surface area contributed by atoms with Gasteiger partial charge in [-0.15, -0.1) is 0 Å². The normalized spacial score (nSPS) is 22.5. The summed E-state index contributed by atoms with van der Waals surface area (Å²) in [5.74, 6) is -0.649. The third kappa shape index (κ3) is 2.76. The number of nitrogens with one attached hydrogen (secondary N) is 1. The molecule has 0 unspecified atom stereocenters. The molecule has 0 aromatic heterocycles. The van der Waals surface area contributed by atoms with Crippen molar-refractivity contribution in [3.63, 3.8) is 0 Å².